The fraction of sp³-hybridized carbons (Fsp3) is 0.289. The average Bonchev–Trinajstić information content (AvgIpc) is 3.84. The molecule has 8 rings (SSSR count). The van der Waals surface area contributed by atoms with Gasteiger partial charge in [0.15, 0.2) is 5.82 Å². The molecule has 64 heavy (non-hydrogen) atoms. The van der Waals surface area contributed by atoms with E-state index in [0.717, 1.165) is 64.6 Å². The van der Waals surface area contributed by atoms with Crippen LogP contribution in [0.15, 0.2) is 107 Å². The van der Waals surface area contributed by atoms with Gasteiger partial charge in [-0.2, -0.15) is 0 Å². The van der Waals surface area contributed by atoms with E-state index in [-0.39, 0.29) is 39.2 Å². The van der Waals surface area contributed by atoms with Crippen LogP contribution in [0.25, 0.3) is 21.9 Å². The molecule has 4 aromatic carbocycles. The van der Waals surface area contributed by atoms with Crippen molar-refractivity contribution in [1.82, 2.24) is 33.8 Å². The number of nitrogens with zero attached hydrogens (tertiary/aromatic N) is 5. The van der Waals surface area contributed by atoms with Crippen LogP contribution in [0.4, 0.5) is 5.82 Å². The van der Waals surface area contributed by atoms with Gasteiger partial charge in [-0.15, -0.1) is 0 Å². The van der Waals surface area contributed by atoms with Crippen molar-refractivity contribution >= 4 is 71.5 Å². The Labute approximate surface area is 371 Å². The normalized spacial score (nSPS) is 14.1. The summed E-state index contributed by atoms with van der Waals surface area (Å²) in [7, 11) is -1.92. The van der Waals surface area contributed by atoms with E-state index in [9.17, 15) is 36.0 Å². The molecule has 0 saturated carbocycles. The molecule has 2 aliphatic heterocycles. The van der Waals surface area contributed by atoms with Crippen LogP contribution in [0.2, 0.25) is 0 Å². The highest BCUT2D eigenvalue weighted by Gasteiger charge is 2.32. The number of ether oxygens (including phenoxy) is 1. The Morgan fingerprint density at radius 3 is 1.89 bits per heavy atom. The van der Waals surface area contributed by atoms with E-state index in [2.05, 4.69) is 22.5 Å². The Balaban J connectivity index is 0.000000226. The van der Waals surface area contributed by atoms with Crippen LogP contribution < -0.4 is 15.2 Å². The van der Waals surface area contributed by atoms with Crippen LogP contribution in [0.3, 0.4) is 0 Å². The maximum Gasteiger partial charge on any atom is 0.309 e. The molecule has 3 amide bonds. The van der Waals surface area contributed by atoms with Crippen molar-refractivity contribution in [3.05, 3.63) is 125 Å². The topological polar surface area (TPSA) is 233 Å². The highest BCUT2D eigenvalue weighted by Crippen LogP contribution is 2.30. The monoisotopic (exact) mass is 910 g/mol. The molecule has 19 heteroatoms. The lowest BCUT2D eigenvalue weighted by atomic mass is 10.1. The third kappa shape index (κ3) is 10.9. The van der Waals surface area contributed by atoms with Crippen molar-refractivity contribution < 1.29 is 40.8 Å². The number of imidazole rings is 1. The molecule has 2 aromatic heterocycles. The van der Waals surface area contributed by atoms with Crippen LogP contribution >= 0.6 is 0 Å². The van der Waals surface area contributed by atoms with Crippen LogP contribution in [-0.4, -0.2) is 99.2 Å². The lowest BCUT2D eigenvalue weighted by Gasteiger charge is -2.25. The summed E-state index contributed by atoms with van der Waals surface area (Å²) in [6, 6.07) is 28.0. The second-order valence-electron chi connectivity index (χ2n) is 15.3. The number of para-hydroxylation sites is 1. The Morgan fingerprint density at radius 1 is 0.766 bits per heavy atom. The Morgan fingerprint density at radius 2 is 1.33 bits per heavy atom. The molecular formula is C45H50N8O9S2. The maximum absolute atomic E-state index is 13.2. The van der Waals surface area contributed by atoms with Crippen molar-refractivity contribution in [2.24, 2.45) is 0 Å². The number of sulfonamides is 2. The number of hydrogen-bond acceptors (Lipinski definition) is 13. The van der Waals surface area contributed by atoms with Gasteiger partial charge in [0.05, 0.1) is 42.2 Å². The molecular weight excluding hydrogens is 861 g/mol. The molecule has 0 saturated heterocycles. The van der Waals surface area contributed by atoms with E-state index >= 15 is 0 Å². The molecule has 17 nitrogen and oxygen atoms in total. The number of pyridine rings is 1. The quantitative estimate of drug-likeness (QED) is 0.136. The average molecular weight is 911 g/mol. The molecule has 4 heterocycles. The maximum atomic E-state index is 13.2. The standard InChI is InChI=1S/C31H40N6O3.2C7H5NO3S/c1-5-6-12-26-34-29-30(24-10-7-8-11-25(24)33-31(29)32)37(26)18-9-17-36(27(38)21-35(2)3)20-23-15-13-22(14-16-23)19-28(39)40-4;2*9-7-5-3-1-2-4-6(5)12(10,11)8-7/h7-8,10-11,13-16H,5-6,9,12,17-21H2,1-4H3,(H2,32,33);2*1-4H,(H,8,9). The molecule has 0 fully saturated rings. The van der Waals surface area contributed by atoms with E-state index < -0.39 is 31.9 Å². The minimum absolute atomic E-state index is 0.0648. The number of fused-ring (bicyclic) bond motifs is 5. The van der Waals surface area contributed by atoms with Gasteiger partial charge in [-0.3, -0.25) is 19.2 Å². The first-order valence-corrected chi connectivity index (χ1v) is 23.4. The molecule has 0 atom stereocenters. The zero-order valence-corrected chi connectivity index (χ0v) is 37.5. The molecule has 4 N–H and O–H groups in total. The van der Waals surface area contributed by atoms with E-state index in [4.69, 9.17) is 15.5 Å². The van der Waals surface area contributed by atoms with Gasteiger partial charge in [-0.05, 0) is 68.4 Å². The van der Waals surface area contributed by atoms with E-state index in [1.807, 2.05) is 75.8 Å². The number of likely N-dealkylation sites (N-methyl/N-ethyl adjacent to an activating group) is 1. The minimum Gasteiger partial charge on any atom is -0.469 e. The summed E-state index contributed by atoms with van der Waals surface area (Å²) in [4.78, 5) is 60.3. The first-order chi connectivity index (χ1) is 30.5. The molecule has 6 aromatic rings. The lowest BCUT2D eigenvalue weighted by Crippen LogP contribution is -2.38. The van der Waals surface area contributed by atoms with Crippen LogP contribution in [0.5, 0.6) is 0 Å². The highest BCUT2D eigenvalue weighted by atomic mass is 32.2. The largest absolute Gasteiger partial charge is 0.469 e. The van der Waals surface area contributed by atoms with Gasteiger partial charge in [0.2, 0.25) is 5.91 Å². The van der Waals surface area contributed by atoms with Gasteiger partial charge in [-0.25, -0.2) is 36.2 Å². The number of rotatable bonds is 13. The van der Waals surface area contributed by atoms with Gasteiger partial charge >= 0.3 is 5.97 Å². The SMILES string of the molecule is CCCCc1nc2c(N)nc3ccccc3c2n1CCCN(Cc1ccc(CC(=O)OC)cc1)C(=O)CN(C)C.O=C1NS(=O)(=O)c2ccccc21.O=C1NS(=O)(=O)c2ccccc21. The number of aromatic nitrogens is 3. The van der Waals surface area contributed by atoms with Crippen LogP contribution in [0.1, 0.15) is 63.9 Å². The third-order valence-corrected chi connectivity index (χ3v) is 13.1. The summed E-state index contributed by atoms with van der Waals surface area (Å²) in [6.45, 7) is 4.32. The van der Waals surface area contributed by atoms with Gasteiger partial charge in [0.25, 0.3) is 31.9 Å². The van der Waals surface area contributed by atoms with Crippen molar-refractivity contribution in [3.8, 4) is 0 Å². The fourth-order valence-electron chi connectivity index (χ4n) is 7.22. The lowest BCUT2D eigenvalue weighted by molar-refractivity contribution is -0.139. The first-order valence-electron chi connectivity index (χ1n) is 20.5. The van der Waals surface area contributed by atoms with Crippen molar-refractivity contribution in [3.63, 3.8) is 0 Å². The first kappa shape index (κ1) is 46.8. The van der Waals surface area contributed by atoms with E-state index in [1.54, 1.807) is 24.3 Å². The summed E-state index contributed by atoms with van der Waals surface area (Å²) >= 11 is 0. The zero-order chi connectivity index (χ0) is 46.2. The van der Waals surface area contributed by atoms with Crippen LogP contribution in [0, 0.1) is 0 Å². The van der Waals surface area contributed by atoms with Crippen molar-refractivity contribution in [2.45, 2.75) is 61.9 Å². The smallest absolute Gasteiger partial charge is 0.309 e. The number of benzene rings is 4. The number of carbonyl (C=O) groups is 4. The number of methoxy groups -OCH3 is 1. The second kappa shape index (κ2) is 20.2. The molecule has 0 bridgehead atoms. The molecule has 2 aliphatic rings. The number of anilines is 1. The Kier molecular flexibility index (Phi) is 14.8. The fourth-order valence-corrected chi connectivity index (χ4v) is 9.56. The molecule has 0 spiro atoms. The summed E-state index contributed by atoms with van der Waals surface area (Å²) in [5, 5.41) is 1.04. The Bertz CT molecular complexity index is 2850. The number of amides is 3. The predicted molar refractivity (Wildman–Crippen MR) is 241 cm³/mol. The van der Waals surface area contributed by atoms with Gasteiger partial charge in [-0.1, -0.05) is 80.1 Å². The second-order valence-corrected chi connectivity index (χ2v) is 18.6. The van der Waals surface area contributed by atoms with E-state index in [0.29, 0.717) is 32.0 Å². The van der Waals surface area contributed by atoms with Gasteiger partial charge in [0, 0.05) is 31.4 Å². The molecule has 0 radical (unpaired) electrons. The summed E-state index contributed by atoms with van der Waals surface area (Å²) in [5.74, 6) is 0.157. The summed E-state index contributed by atoms with van der Waals surface area (Å²) in [6.07, 6.45) is 3.96. The third-order valence-electron chi connectivity index (χ3n) is 10.3. The number of aryl methyl sites for hydroxylation is 2. The van der Waals surface area contributed by atoms with E-state index in [1.165, 1.54) is 31.4 Å². The number of carbonyl (C=O) groups excluding carboxylic acids is 4. The summed E-state index contributed by atoms with van der Waals surface area (Å²) < 4.78 is 55.4. The Hall–Kier alpha value is -6.70. The predicted octanol–water partition coefficient (Wildman–Crippen LogP) is 4.44. The van der Waals surface area contributed by atoms with Crippen LogP contribution in [-0.2, 0) is 60.3 Å². The molecule has 0 aliphatic carbocycles. The van der Waals surface area contributed by atoms with Crippen molar-refractivity contribution in [1.29, 1.82) is 0 Å². The molecule has 0 unspecified atom stereocenters. The number of nitrogens with one attached hydrogen (secondary N) is 2. The number of nitrogens with two attached hydrogens (primary N) is 1. The number of unbranched alkanes of at least 4 members (excludes halogenated alkanes) is 1. The molecule has 336 valence electrons. The zero-order valence-electron chi connectivity index (χ0n) is 35.9. The van der Waals surface area contributed by atoms with Gasteiger partial charge in [0.1, 0.15) is 21.1 Å². The summed E-state index contributed by atoms with van der Waals surface area (Å²) in [5.41, 5.74) is 11.3. The minimum atomic E-state index is -3.55. The number of hydrogen-bond donors (Lipinski definition) is 3. The van der Waals surface area contributed by atoms with Crippen molar-refractivity contribution in [2.75, 3.05) is 40.0 Å². The highest BCUT2D eigenvalue weighted by molar-refractivity contribution is 7.91. The number of nitrogen functional groups attached to an aromatic ring is 1. The number of esters is 1. The van der Waals surface area contributed by atoms with Gasteiger partial charge < -0.3 is 24.8 Å².